The van der Waals surface area contributed by atoms with E-state index in [-0.39, 0.29) is 30.8 Å². The van der Waals surface area contributed by atoms with Crippen LogP contribution in [-0.4, -0.2) is 80.5 Å². The number of benzene rings is 2. The number of aromatic nitrogens is 3. The highest BCUT2D eigenvalue weighted by molar-refractivity contribution is 6.43. The molecule has 0 N–H and O–H groups in total. The zero-order chi connectivity index (χ0) is 30.3. The number of anilines is 1. The van der Waals surface area contributed by atoms with Crippen molar-refractivity contribution < 1.29 is 19.1 Å². The van der Waals surface area contributed by atoms with E-state index in [1.54, 1.807) is 80.0 Å². The van der Waals surface area contributed by atoms with Crippen LogP contribution in [-0.2, 0) is 14.3 Å². The number of likely N-dealkylation sites (N-methyl/N-ethyl adjacent to an activating group) is 1. The maximum atomic E-state index is 14.0. The largest absolute Gasteiger partial charge is 0.444 e. The molecule has 42 heavy (non-hydrogen) atoms. The SMILES string of the molecule is CN(C(=O)[C@@H]1CC(n2cc(-c3cccc(Cl)c3Cl)nn2)CN1C(=O)OC(C)(C)C)C1CCN(c2ccccc2Cl)C1=O. The Hall–Kier alpha value is -3.34. The molecule has 13 heteroatoms. The molecule has 3 aromatic rings. The molecule has 2 unspecified atom stereocenters. The fourth-order valence-electron chi connectivity index (χ4n) is 5.36. The quantitative estimate of drug-likeness (QED) is 0.356. The van der Waals surface area contributed by atoms with Gasteiger partial charge in [-0.2, -0.15) is 0 Å². The van der Waals surface area contributed by atoms with Crippen molar-refractivity contribution in [3.63, 3.8) is 0 Å². The highest BCUT2D eigenvalue weighted by Gasteiger charge is 2.47. The van der Waals surface area contributed by atoms with Crippen molar-refractivity contribution in [2.45, 2.75) is 57.3 Å². The first kappa shape index (κ1) is 30.1. The van der Waals surface area contributed by atoms with E-state index in [9.17, 15) is 14.4 Å². The predicted molar refractivity (Wildman–Crippen MR) is 161 cm³/mol. The van der Waals surface area contributed by atoms with E-state index in [0.29, 0.717) is 45.0 Å². The molecule has 0 saturated carbocycles. The molecule has 0 bridgehead atoms. The fourth-order valence-corrected chi connectivity index (χ4v) is 6.00. The molecule has 2 saturated heterocycles. The molecule has 3 amide bonds. The van der Waals surface area contributed by atoms with Gasteiger partial charge in [-0.15, -0.1) is 5.10 Å². The minimum Gasteiger partial charge on any atom is -0.444 e. The molecule has 0 radical (unpaired) electrons. The van der Waals surface area contributed by atoms with Gasteiger partial charge >= 0.3 is 6.09 Å². The van der Waals surface area contributed by atoms with Crippen molar-refractivity contribution in [3.05, 3.63) is 63.7 Å². The average Bonchev–Trinajstić information content (AvgIpc) is 3.67. The van der Waals surface area contributed by atoms with E-state index in [2.05, 4.69) is 10.3 Å². The summed E-state index contributed by atoms with van der Waals surface area (Å²) in [6.07, 6.45) is 1.78. The number of carbonyl (C=O) groups is 3. The van der Waals surface area contributed by atoms with Gasteiger partial charge in [0.2, 0.25) is 11.8 Å². The van der Waals surface area contributed by atoms with Crippen molar-refractivity contribution in [2.75, 3.05) is 25.0 Å². The second-order valence-electron chi connectivity index (χ2n) is 11.4. The van der Waals surface area contributed by atoms with Crippen molar-refractivity contribution >= 4 is 58.4 Å². The lowest BCUT2D eigenvalue weighted by molar-refractivity contribution is -0.140. The standard InChI is InChI=1S/C29H31Cl3N6O4/c1-29(2,3)42-28(41)37-15-17(38-16-21(33-34-38)18-8-7-10-20(31)25(18)32)14-24(37)26(39)35(4)23-12-13-36(27(23)40)22-11-6-5-9-19(22)30/h5-11,16-17,23-24H,12-15H2,1-4H3/t17?,23?,24-/m0/s1. The van der Waals surface area contributed by atoms with Crippen LogP contribution in [0.3, 0.4) is 0 Å². The summed E-state index contributed by atoms with van der Waals surface area (Å²) in [6.45, 7) is 5.87. The smallest absolute Gasteiger partial charge is 0.411 e. The van der Waals surface area contributed by atoms with Gasteiger partial charge < -0.3 is 14.5 Å². The predicted octanol–water partition coefficient (Wildman–Crippen LogP) is 5.72. The summed E-state index contributed by atoms with van der Waals surface area (Å²) in [5, 5.41) is 9.75. The van der Waals surface area contributed by atoms with Gasteiger partial charge in [-0.25, -0.2) is 9.48 Å². The normalized spacial score (nSPS) is 20.7. The van der Waals surface area contributed by atoms with Crippen LogP contribution < -0.4 is 4.90 Å². The summed E-state index contributed by atoms with van der Waals surface area (Å²) in [4.78, 5) is 45.1. The second-order valence-corrected chi connectivity index (χ2v) is 12.6. The van der Waals surface area contributed by atoms with Gasteiger partial charge in [0, 0.05) is 32.1 Å². The van der Waals surface area contributed by atoms with Crippen LogP contribution in [0.15, 0.2) is 48.7 Å². The van der Waals surface area contributed by atoms with Crippen LogP contribution in [0.1, 0.15) is 39.7 Å². The summed E-state index contributed by atoms with van der Waals surface area (Å²) in [7, 11) is 1.59. The monoisotopic (exact) mass is 632 g/mol. The topological polar surface area (TPSA) is 101 Å². The van der Waals surface area contributed by atoms with Crippen molar-refractivity contribution in [2.24, 2.45) is 0 Å². The molecule has 0 aliphatic carbocycles. The van der Waals surface area contributed by atoms with Gasteiger partial charge in [0.05, 0.1) is 33.0 Å². The second kappa shape index (κ2) is 11.7. The first-order valence-electron chi connectivity index (χ1n) is 13.5. The molecule has 5 rings (SSSR count). The Morgan fingerprint density at radius 3 is 2.48 bits per heavy atom. The summed E-state index contributed by atoms with van der Waals surface area (Å²) < 4.78 is 7.28. The Bertz CT molecular complexity index is 1520. The van der Waals surface area contributed by atoms with Gasteiger partial charge in [0.25, 0.3) is 0 Å². The molecule has 0 spiro atoms. The third-order valence-electron chi connectivity index (χ3n) is 7.44. The highest BCUT2D eigenvalue weighted by Crippen LogP contribution is 2.36. The van der Waals surface area contributed by atoms with E-state index in [4.69, 9.17) is 39.5 Å². The van der Waals surface area contributed by atoms with E-state index in [1.807, 2.05) is 6.07 Å². The van der Waals surface area contributed by atoms with Crippen LogP contribution in [0.25, 0.3) is 11.3 Å². The Balaban J connectivity index is 1.38. The molecule has 222 valence electrons. The Morgan fingerprint density at radius 2 is 1.76 bits per heavy atom. The number of hydrogen-bond donors (Lipinski definition) is 0. The number of para-hydroxylation sites is 1. The Labute approximate surface area is 259 Å². The van der Waals surface area contributed by atoms with Crippen LogP contribution in [0.4, 0.5) is 10.5 Å². The number of carbonyl (C=O) groups excluding carboxylic acids is 3. The minimum atomic E-state index is -0.876. The van der Waals surface area contributed by atoms with Gasteiger partial charge in [-0.1, -0.05) is 64.3 Å². The Morgan fingerprint density at radius 1 is 1.05 bits per heavy atom. The number of halogens is 3. The summed E-state index contributed by atoms with van der Waals surface area (Å²) in [5.41, 5.74) is 0.961. The number of amides is 3. The zero-order valence-corrected chi connectivity index (χ0v) is 25.9. The highest BCUT2D eigenvalue weighted by atomic mass is 35.5. The molecule has 2 aromatic carbocycles. The Kier molecular flexibility index (Phi) is 8.42. The molecular weight excluding hydrogens is 603 g/mol. The molecule has 3 heterocycles. The first-order valence-corrected chi connectivity index (χ1v) is 14.7. The average molecular weight is 634 g/mol. The summed E-state index contributed by atoms with van der Waals surface area (Å²) in [6, 6.07) is 10.4. The molecule has 2 aliphatic heterocycles. The molecule has 2 fully saturated rings. The molecule has 1 aromatic heterocycles. The van der Waals surface area contributed by atoms with E-state index < -0.39 is 23.8 Å². The van der Waals surface area contributed by atoms with Crippen molar-refractivity contribution in [1.29, 1.82) is 0 Å². The van der Waals surface area contributed by atoms with Crippen LogP contribution in [0.2, 0.25) is 15.1 Å². The molecule has 10 nitrogen and oxygen atoms in total. The third kappa shape index (κ3) is 5.93. The van der Waals surface area contributed by atoms with Crippen LogP contribution >= 0.6 is 34.8 Å². The minimum absolute atomic E-state index is 0.162. The maximum Gasteiger partial charge on any atom is 0.411 e. The van der Waals surface area contributed by atoms with Crippen LogP contribution in [0.5, 0.6) is 0 Å². The van der Waals surface area contributed by atoms with E-state index in [1.165, 1.54) is 9.80 Å². The van der Waals surface area contributed by atoms with Gasteiger partial charge in [-0.05, 0) is 45.4 Å². The number of likely N-dealkylation sites (tertiary alicyclic amines) is 1. The molecule has 2 aliphatic rings. The van der Waals surface area contributed by atoms with Crippen molar-refractivity contribution in [3.8, 4) is 11.3 Å². The van der Waals surface area contributed by atoms with Gasteiger partial charge in [0.1, 0.15) is 23.4 Å². The number of rotatable bonds is 5. The first-order chi connectivity index (χ1) is 19.9. The lowest BCUT2D eigenvalue weighted by Crippen LogP contribution is -2.52. The van der Waals surface area contributed by atoms with Crippen molar-refractivity contribution in [1.82, 2.24) is 24.8 Å². The summed E-state index contributed by atoms with van der Waals surface area (Å²) in [5.74, 6) is -0.586. The lowest BCUT2D eigenvalue weighted by atomic mass is 10.1. The summed E-state index contributed by atoms with van der Waals surface area (Å²) >= 11 is 18.9. The van der Waals surface area contributed by atoms with Crippen LogP contribution in [0, 0.1) is 0 Å². The number of hydrogen-bond acceptors (Lipinski definition) is 6. The van der Waals surface area contributed by atoms with E-state index in [0.717, 1.165) is 0 Å². The lowest BCUT2D eigenvalue weighted by Gasteiger charge is -2.31. The number of nitrogens with zero attached hydrogens (tertiary/aromatic N) is 6. The van der Waals surface area contributed by atoms with E-state index >= 15 is 0 Å². The maximum absolute atomic E-state index is 14.0. The molecular formula is C29H31Cl3N6O4. The van der Waals surface area contributed by atoms with Gasteiger partial charge in [-0.3, -0.25) is 14.5 Å². The number of ether oxygens (including phenoxy) is 1. The molecule has 3 atom stereocenters. The zero-order valence-electron chi connectivity index (χ0n) is 23.6. The fraction of sp³-hybridized carbons (Fsp3) is 0.414. The third-order valence-corrected chi connectivity index (χ3v) is 8.58. The van der Waals surface area contributed by atoms with Gasteiger partial charge in [0.15, 0.2) is 0 Å².